The standard InChI is InChI=1S/C41H65N5O5Si3/c1-39(2,3)52(11,12)48-25-31-34(50-53(13,14)40(4,5)6)35(51-54(15,16)41(7,8)9)38(49-31)46-32(45-33-36(42)43-26-44-37(33)46)22-18-27-17-19-29-24-30(47-10)21-20-28(29)23-27/h17-24,26,31,34-35,38H,25H2,1-16H3,(H2,42,43,44)/b22-18+/t31-,34-,35-,38-/m1/s1. The van der Waals surface area contributed by atoms with Gasteiger partial charge in [-0.2, -0.15) is 0 Å². The van der Waals surface area contributed by atoms with Gasteiger partial charge in [-0.25, -0.2) is 15.0 Å². The first-order valence-corrected chi connectivity index (χ1v) is 27.9. The number of hydrogen-bond acceptors (Lipinski definition) is 9. The van der Waals surface area contributed by atoms with E-state index in [1.807, 2.05) is 22.8 Å². The Hall–Kier alpha value is -2.92. The Morgan fingerprint density at radius 2 is 1.33 bits per heavy atom. The summed E-state index contributed by atoms with van der Waals surface area (Å²) in [7, 11) is -5.22. The zero-order chi connectivity index (χ0) is 40.2. The first-order valence-electron chi connectivity index (χ1n) is 19.2. The van der Waals surface area contributed by atoms with Crippen molar-refractivity contribution in [2.45, 2.75) is 141 Å². The normalized spacial score (nSPS) is 20.8. The van der Waals surface area contributed by atoms with Gasteiger partial charge in [0.15, 0.2) is 48.2 Å². The highest BCUT2D eigenvalue weighted by Crippen LogP contribution is 2.47. The Balaban J connectivity index is 1.68. The Bertz CT molecular complexity index is 1990. The third-order valence-corrected chi connectivity index (χ3v) is 25.9. The summed E-state index contributed by atoms with van der Waals surface area (Å²) in [5, 5.41) is 2.13. The number of nitrogen functional groups attached to an aromatic ring is 1. The molecule has 54 heavy (non-hydrogen) atoms. The number of nitrogens with two attached hydrogens (primary N) is 1. The zero-order valence-electron chi connectivity index (χ0n) is 35.6. The van der Waals surface area contributed by atoms with Crippen LogP contribution in [-0.4, -0.2) is 76.5 Å². The Labute approximate surface area is 326 Å². The number of anilines is 1. The molecule has 0 radical (unpaired) electrons. The molecule has 0 spiro atoms. The van der Waals surface area contributed by atoms with Crippen LogP contribution >= 0.6 is 0 Å². The summed E-state index contributed by atoms with van der Waals surface area (Å²) in [5.74, 6) is 1.77. The third-order valence-electron chi connectivity index (χ3n) is 12.5. The molecule has 2 aromatic carbocycles. The van der Waals surface area contributed by atoms with Gasteiger partial charge in [0.05, 0.1) is 13.7 Å². The lowest BCUT2D eigenvalue weighted by Gasteiger charge is -2.44. The molecule has 10 nitrogen and oxygen atoms in total. The van der Waals surface area contributed by atoms with E-state index >= 15 is 0 Å². The average Bonchev–Trinajstić information content (AvgIpc) is 3.58. The van der Waals surface area contributed by atoms with Crippen LogP contribution in [-0.2, 0) is 18.0 Å². The van der Waals surface area contributed by atoms with E-state index in [9.17, 15) is 0 Å². The minimum atomic E-state index is -2.40. The van der Waals surface area contributed by atoms with E-state index in [0.29, 0.717) is 29.4 Å². The highest BCUT2D eigenvalue weighted by atomic mass is 28.4. The molecule has 4 aromatic rings. The molecule has 2 aromatic heterocycles. The molecule has 0 amide bonds. The van der Waals surface area contributed by atoms with Crippen LogP contribution in [0.5, 0.6) is 5.75 Å². The number of imidazole rings is 1. The number of aromatic nitrogens is 4. The minimum absolute atomic E-state index is 0.0274. The van der Waals surface area contributed by atoms with Crippen LogP contribution in [0.15, 0.2) is 42.7 Å². The van der Waals surface area contributed by atoms with Gasteiger partial charge in [-0.1, -0.05) is 86.6 Å². The van der Waals surface area contributed by atoms with Crippen molar-refractivity contribution < 1.29 is 22.8 Å². The van der Waals surface area contributed by atoms with Crippen molar-refractivity contribution in [2.24, 2.45) is 0 Å². The molecule has 296 valence electrons. The van der Waals surface area contributed by atoms with Gasteiger partial charge in [0.2, 0.25) is 0 Å². The maximum atomic E-state index is 7.47. The van der Waals surface area contributed by atoms with Crippen molar-refractivity contribution in [1.29, 1.82) is 0 Å². The molecule has 0 unspecified atom stereocenters. The smallest absolute Gasteiger partial charge is 0.192 e. The summed E-state index contributed by atoms with van der Waals surface area (Å²) < 4.78 is 36.5. The molecule has 3 heterocycles. The second-order valence-corrected chi connectivity index (χ2v) is 33.7. The summed E-state index contributed by atoms with van der Waals surface area (Å²) in [6.07, 6.45) is 3.63. The lowest BCUT2D eigenvalue weighted by molar-refractivity contribution is -0.0473. The monoisotopic (exact) mass is 791 g/mol. The fraction of sp³-hybridized carbons (Fsp3) is 0.585. The summed E-state index contributed by atoms with van der Waals surface area (Å²) in [6.45, 7) is 34.5. The van der Waals surface area contributed by atoms with Crippen LogP contribution in [0.4, 0.5) is 5.82 Å². The maximum absolute atomic E-state index is 7.47. The van der Waals surface area contributed by atoms with Crippen LogP contribution in [0.3, 0.4) is 0 Å². The molecule has 0 aliphatic carbocycles. The lowest BCUT2D eigenvalue weighted by atomic mass is 10.1. The summed E-state index contributed by atoms with van der Waals surface area (Å²) in [5.41, 5.74) is 8.60. The first-order chi connectivity index (χ1) is 24.8. The van der Waals surface area contributed by atoms with Crippen molar-refractivity contribution in [3.05, 3.63) is 54.1 Å². The number of ether oxygens (including phenoxy) is 2. The highest BCUT2D eigenvalue weighted by molar-refractivity contribution is 6.75. The molecule has 1 aliphatic rings. The fourth-order valence-corrected chi connectivity index (χ4v) is 9.43. The lowest BCUT2D eigenvalue weighted by Crippen LogP contribution is -2.54. The molecule has 13 heteroatoms. The van der Waals surface area contributed by atoms with Crippen LogP contribution in [0.25, 0.3) is 34.1 Å². The van der Waals surface area contributed by atoms with Crippen molar-refractivity contribution in [3.63, 3.8) is 0 Å². The largest absolute Gasteiger partial charge is 0.497 e. The Morgan fingerprint density at radius 3 is 1.93 bits per heavy atom. The Kier molecular flexibility index (Phi) is 11.6. The molecule has 0 saturated carbocycles. The summed E-state index contributed by atoms with van der Waals surface area (Å²) >= 11 is 0. The average molecular weight is 792 g/mol. The van der Waals surface area contributed by atoms with Crippen molar-refractivity contribution >= 4 is 64.9 Å². The molecule has 0 bridgehead atoms. The first kappa shape index (κ1) is 42.2. The van der Waals surface area contributed by atoms with Crippen LogP contribution in [0.2, 0.25) is 54.4 Å². The molecule has 4 atom stereocenters. The number of benzene rings is 2. The molecule has 2 N–H and O–H groups in total. The van der Waals surface area contributed by atoms with Gasteiger partial charge in [0.1, 0.15) is 36.2 Å². The van der Waals surface area contributed by atoms with Gasteiger partial charge in [-0.3, -0.25) is 4.57 Å². The topological polar surface area (TPSA) is 116 Å². The molecule has 5 rings (SSSR count). The number of rotatable bonds is 11. The van der Waals surface area contributed by atoms with Crippen LogP contribution in [0, 0.1) is 0 Å². The number of hydrogen-bond donors (Lipinski definition) is 1. The number of methoxy groups -OCH3 is 1. The van der Waals surface area contributed by atoms with Gasteiger partial charge in [-0.15, -0.1) is 0 Å². The van der Waals surface area contributed by atoms with Crippen molar-refractivity contribution in [2.75, 3.05) is 19.5 Å². The van der Waals surface area contributed by atoms with Gasteiger partial charge in [-0.05, 0) is 95.0 Å². The van der Waals surface area contributed by atoms with E-state index < -0.39 is 49.5 Å². The predicted molar refractivity (Wildman–Crippen MR) is 230 cm³/mol. The van der Waals surface area contributed by atoms with Crippen molar-refractivity contribution in [1.82, 2.24) is 19.5 Å². The SMILES string of the molecule is COc1ccc2cc(/C=C/c3nc4c(N)ncnc4n3[C@@H]3O[C@H](CO[Si](C)(C)C(C)(C)C)[C@@H](O[Si](C)(C)C(C)(C)C)[C@H]3O[Si](C)(C)C(C)(C)C)ccc2c1. The van der Waals surface area contributed by atoms with E-state index in [2.05, 4.69) is 137 Å². The quantitative estimate of drug-likeness (QED) is 0.148. The molecular weight excluding hydrogens is 727 g/mol. The van der Waals surface area contributed by atoms with E-state index in [4.69, 9.17) is 38.5 Å². The van der Waals surface area contributed by atoms with Gasteiger partial charge in [0.25, 0.3) is 0 Å². The minimum Gasteiger partial charge on any atom is -0.497 e. The maximum Gasteiger partial charge on any atom is 0.192 e. The predicted octanol–water partition coefficient (Wildman–Crippen LogP) is 10.4. The van der Waals surface area contributed by atoms with Crippen LogP contribution in [0.1, 0.15) is 79.9 Å². The summed E-state index contributed by atoms with van der Waals surface area (Å²) in [6, 6.07) is 12.4. The second-order valence-electron chi connectivity index (χ2n) is 19.4. The van der Waals surface area contributed by atoms with Crippen LogP contribution < -0.4 is 10.5 Å². The zero-order valence-corrected chi connectivity index (χ0v) is 38.6. The molecule has 1 saturated heterocycles. The van der Waals surface area contributed by atoms with Gasteiger partial charge < -0.3 is 28.5 Å². The third kappa shape index (κ3) is 8.57. The number of fused-ring (bicyclic) bond motifs is 2. The highest BCUT2D eigenvalue weighted by Gasteiger charge is 2.55. The fourth-order valence-electron chi connectivity index (χ4n) is 5.81. The van der Waals surface area contributed by atoms with E-state index in [0.717, 1.165) is 22.1 Å². The molecular formula is C41H65N5O5Si3. The second kappa shape index (κ2) is 14.9. The number of nitrogens with zero attached hydrogens (tertiary/aromatic N) is 4. The molecule has 1 aliphatic heterocycles. The van der Waals surface area contributed by atoms with Gasteiger partial charge >= 0.3 is 0 Å². The van der Waals surface area contributed by atoms with E-state index in [1.54, 1.807) is 7.11 Å². The summed E-state index contributed by atoms with van der Waals surface area (Å²) in [4.78, 5) is 14.1. The van der Waals surface area contributed by atoms with Gasteiger partial charge in [0, 0.05) is 0 Å². The Morgan fingerprint density at radius 1 is 0.759 bits per heavy atom. The van der Waals surface area contributed by atoms with Crippen molar-refractivity contribution in [3.8, 4) is 5.75 Å². The van der Waals surface area contributed by atoms with E-state index in [1.165, 1.54) is 6.33 Å². The molecule has 1 fully saturated rings. The van der Waals surface area contributed by atoms with E-state index in [-0.39, 0.29) is 15.1 Å².